The summed E-state index contributed by atoms with van der Waals surface area (Å²) in [6.45, 7) is 0. The smallest absolute Gasteiger partial charge is 0.197 e. The minimum atomic E-state index is -0.399. The molecule has 0 saturated carbocycles. The zero-order valence-corrected chi connectivity index (χ0v) is 4.97. The van der Waals surface area contributed by atoms with E-state index >= 15 is 0 Å². The standard InChI is InChI=1S/C5H3N5/c6-1-5-2-8-10(4-7)9-3-5/h2-3,5H. The Morgan fingerprint density at radius 2 is 1.90 bits per heavy atom. The molecule has 1 aliphatic rings. The molecule has 0 radical (unpaired) electrons. The minimum Gasteiger partial charge on any atom is -0.197 e. The van der Waals surface area contributed by atoms with Gasteiger partial charge in [0.2, 0.25) is 6.19 Å². The third-order valence-corrected chi connectivity index (χ3v) is 0.912. The molecule has 5 nitrogen and oxygen atoms in total. The predicted octanol–water partition coefficient (Wildman–Crippen LogP) is -0.106. The van der Waals surface area contributed by atoms with Crippen LogP contribution in [0.15, 0.2) is 10.2 Å². The van der Waals surface area contributed by atoms with E-state index in [1.807, 2.05) is 6.07 Å². The second-order valence-corrected chi connectivity index (χ2v) is 1.57. The lowest BCUT2D eigenvalue weighted by molar-refractivity contribution is 0.440. The van der Waals surface area contributed by atoms with Crippen molar-refractivity contribution in [1.82, 2.24) is 5.12 Å². The van der Waals surface area contributed by atoms with Crippen LogP contribution in [-0.4, -0.2) is 17.5 Å². The van der Waals surface area contributed by atoms with Crippen LogP contribution in [0.5, 0.6) is 0 Å². The SMILES string of the molecule is N#CC1C=NN(C#N)N=C1. The zero-order valence-electron chi connectivity index (χ0n) is 4.97. The minimum absolute atomic E-state index is 0.399. The van der Waals surface area contributed by atoms with Gasteiger partial charge in [0, 0.05) is 0 Å². The average Bonchev–Trinajstić information content (AvgIpc) is 2.05. The van der Waals surface area contributed by atoms with E-state index in [1.165, 1.54) is 12.4 Å². The fourth-order valence-electron chi connectivity index (χ4n) is 0.457. The van der Waals surface area contributed by atoms with Crippen molar-refractivity contribution in [3.05, 3.63) is 0 Å². The molecule has 0 saturated heterocycles. The van der Waals surface area contributed by atoms with Gasteiger partial charge in [-0.05, 0) is 0 Å². The van der Waals surface area contributed by atoms with Gasteiger partial charge in [0.15, 0.2) is 0 Å². The second-order valence-electron chi connectivity index (χ2n) is 1.57. The molecule has 0 aromatic rings. The summed E-state index contributed by atoms with van der Waals surface area (Å²) < 4.78 is 0. The molecule has 0 aromatic carbocycles. The van der Waals surface area contributed by atoms with Gasteiger partial charge >= 0.3 is 0 Å². The van der Waals surface area contributed by atoms with Gasteiger partial charge in [0.1, 0.15) is 5.92 Å². The quantitative estimate of drug-likeness (QED) is 0.433. The topological polar surface area (TPSA) is 75.5 Å². The third-order valence-electron chi connectivity index (χ3n) is 0.912. The lowest BCUT2D eigenvalue weighted by Crippen LogP contribution is -2.13. The lowest BCUT2D eigenvalue weighted by atomic mass is 10.2. The van der Waals surface area contributed by atoms with Crippen molar-refractivity contribution >= 4 is 12.4 Å². The summed E-state index contributed by atoms with van der Waals surface area (Å²) in [4.78, 5) is 0. The highest BCUT2D eigenvalue weighted by atomic mass is 15.7. The fraction of sp³-hybridized carbons (Fsp3) is 0.200. The molecule has 48 valence electrons. The highest BCUT2D eigenvalue weighted by Gasteiger charge is 2.06. The Morgan fingerprint density at radius 1 is 1.30 bits per heavy atom. The Balaban J connectivity index is 2.66. The fourth-order valence-corrected chi connectivity index (χ4v) is 0.457. The maximum Gasteiger partial charge on any atom is 0.225 e. The van der Waals surface area contributed by atoms with E-state index in [0.717, 1.165) is 5.12 Å². The van der Waals surface area contributed by atoms with Crippen molar-refractivity contribution in [3.63, 3.8) is 0 Å². The van der Waals surface area contributed by atoms with Crippen molar-refractivity contribution in [2.45, 2.75) is 0 Å². The molecule has 0 bridgehead atoms. The molecule has 0 aromatic heterocycles. The highest BCUT2D eigenvalue weighted by molar-refractivity contribution is 5.87. The molecule has 0 aliphatic carbocycles. The van der Waals surface area contributed by atoms with E-state index in [1.54, 1.807) is 6.19 Å². The Morgan fingerprint density at radius 3 is 2.30 bits per heavy atom. The number of hydrogen-bond donors (Lipinski definition) is 0. The summed E-state index contributed by atoms with van der Waals surface area (Å²) in [6.07, 6.45) is 4.39. The van der Waals surface area contributed by atoms with E-state index < -0.39 is 5.92 Å². The zero-order chi connectivity index (χ0) is 7.40. The first kappa shape index (κ1) is 6.24. The summed E-state index contributed by atoms with van der Waals surface area (Å²) in [6, 6.07) is 1.91. The molecule has 0 N–H and O–H groups in total. The molecule has 10 heavy (non-hydrogen) atoms. The molecule has 0 atom stereocenters. The van der Waals surface area contributed by atoms with E-state index in [-0.39, 0.29) is 0 Å². The number of rotatable bonds is 0. The van der Waals surface area contributed by atoms with Crippen LogP contribution in [-0.2, 0) is 0 Å². The van der Waals surface area contributed by atoms with Gasteiger partial charge in [-0.2, -0.15) is 20.7 Å². The molecular formula is C5H3N5. The maximum absolute atomic E-state index is 8.32. The average molecular weight is 133 g/mol. The summed E-state index contributed by atoms with van der Waals surface area (Å²) >= 11 is 0. The molecule has 0 amide bonds. The Hall–Kier alpha value is -1.88. The van der Waals surface area contributed by atoms with Crippen LogP contribution in [0.25, 0.3) is 0 Å². The number of hydrazone groups is 2. The van der Waals surface area contributed by atoms with Gasteiger partial charge in [-0.1, -0.05) is 5.12 Å². The van der Waals surface area contributed by atoms with Gasteiger partial charge in [0.25, 0.3) is 0 Å². The summed E-state index contributed by atoms with van der Waals surface area (Å²) in [5.74, 6) is -0.399. The maximum atomic E-state index is 8.32. The predicted molar refractivity (Wildman–Crippen MR) is 33.5 cm³/mol. The molecule has 5 heteroatoms. The van der Waals surface area contributed by atoms with E-state index in [2.05, 4.69) is 10.2 Å². The first-order valence-corrected chi connectivity index (χ1v) is 2.54. The normalized spacial score (nSPS) is 16.4. The van der Waals surface area contributed by atoms with Gasteiger partial charge in [0.05, 0.1) is 18.5 Å². The first-order valence-electron chi connectivity index (χ1n) is 2.54. The van der Waals surface area contributed by atoms with E-state index in [0.29, 0.717) is 0 Å². The summed E-state index contributed by atoms with van der Waals surface area (Å²) in [5.41, 5.74) is 0. The van der Waals surface area contributed by atoms with Crippen molar-refractivity contribution < 1.29 is 0 Å². The molecule has 0 spiro atoms. The third kappa shape index (κ3) is 1.09. The number of nitrogens with zero attached hydrogens (tertiary/aromatic N) is 5. The van der Waals surface area contributed by atoms with Crippen LogP contribution in [0.1, 0.15) is 0 Å². The number of nitriles is 2. The highest BCUT2D eigenvalue weighted by Crippen LogP contribution is 1.97. The van der Waals surface area contributed by atoms with Crippen LogP contribution in [0, 0.1) is 28.7 Å². The van der Waals surface area contributed by atoms with Crippen LogP contribution in [0.3, 0.4) is 0 Å². The van der Waals surface area contributed by atoms with Crippen LogP contribution < -0.4 is 0 Å². The molecule has 1 heterocycles. The number of hydrogen-bond acceptors (Lipinski definition) is 5. The molecule has 0 unspecified atom stereocenters. The molecule has 1 aliphatic heterocycles. The lowest BCUT2D eigenvalue weighted by Gasteiger charge is -2.05. The van der Waals surface area contributed by atoms with Gasteiger partial charge in [-0.3, -0.25) is 0 Å². The largest absolute Gasteiger partial charge is 0.225 e. The van der Waals surface area contributed by atoms with Crippen molar-refractivity contribution in [2.24, 2.45) is 16.1 Å². The van der Waals surface area contributed by atoms with Crippen LogP contribution >= 0.6 is 0 Å². The first-order chi connectivity index (χ1) is 4.86. The van der Waals surface area contributed by atoms with Crippen LogP contribution in [0.2, 0.25) is 0 Å². The van der Waals surface area contributed by atoms with Gasteiger partial charge in [-0.25, -0.2) is 0 Å². The molecular weight excluding hydrogens is 130 g/mol. The van der Waals surface area contributed by atoms with Crippen molar-refractivity contribution in [2.75, 3.05) is 0 Å². The van der Waals surface area contributed by atoms with E-state index in [4.69, 9.17) is 10.5 Å². The Kier molecular flexibility index (Phi) is 1.63. The van der Waals surface area contributed by atoms with Gasteiger partial charge in [-0.15, -0.1) is 0 Å². The Bertz CT molecular complexity index is 212. The summed E-state index contributed by atoms with van der Waals surface area (Å²) in [5, 5.41) is 24.4. The van der Waals surface area contributed by atoms with Gasteiger partial charge < -0.3 is 0 Å². The Labute approximate surface area is 57.5 Å². The molecule has 0 fully saturated rings. The van der Waals surface area contributed by atoms with Crippen molar-refractivity contribution in [3.8, 4) is 12.3 Å². The summed E-state index contributed by atoms with van der Waals surface area (Å²) in [7, 11) is 0. The molecule has 1 rings (SSSR count). The monoisotopic (exact) mass is 133 g/mol. The van der Waals surface area contributed by atoms with Crippen molar-refractivity contribution in [1.29, 1.82) is 10.5 Å². The van der Waals surface area contributed by atoms with Crippen LogP contribution in [0.4, 0.5) is 0 Å². The second kappa shape index (κ2) is 2.60. The van der Waals surface area contributed by atoms with E-state index in [9.17, 15) is 0 Å².